The summed E-state index contributed by atoms with van der Waals surface area (Å²) >= 11 is 0. The van der Waals surface area contributed by atoms with Crippen molar-refractivity contribution in [1.82, 2.24) is 15.3 Å². The second-order valence-corrected chi connectivity index (χ2v) is 4.22. The first-order valence-corrected chi connectivity index (χ1v) is 6.34. The molecule has 4 heteroatoms. The third kappa shape index (κ3) is 3.97. The van der Waals surface area contributed by atoms with E-state index in [0.717, 1.165) is 18.5 Å². The Morgan fingerprint density at radius 3 is 2.71 bits per heavy atom. The van der Waals surface area contributed by atoms with Gasteiger partial charge in [-0.25, -0.2) is 4.98 Å². The highest BCUT2D eigenvalue weighted by Crippen LogP contribution is 2.20. The summed E-state index contributed by atoms with van der Waals surface area (Å²) in [4.78, 5) is 8.70. The first-order valence-electron chi connectivity index (χ1n) is 6.34. The molecular formula is C13H23N3O. The smallest absolute Gasteiger partial charge is 0.232 e. The number of ether oxygens (including phenoxy) is 1. The molecule has 0 aliphatic heterocycles. The van der Waals surface area contributed by atoms with Crippen molar-refractivity contribution < 1.29 is 4.74 Å². The van der Waals surface area contributed by atoms with Crippen molar-refractivity contribution in [2.75, 3.05) is 13.7 Å². The molecule has 0 aliphatic carbocycles. The minimum Gasteiger partial charge on any atom is -0.477 e. The maximum atomic E-state index is 5.50. The van der Waals surface area contributed by atoms with Crippen molar-refractivity contribution in [2.45, 2.75) is 45.6 Å². The highest BCUT2D eigenvalue weighted by molar-refractivity contribution is 5.13. The van der Waals surface area contributed by atoms with Crippen LogP contribution in [0, 0.1) is 0 Å². The van der Waals surface area contributed by atoms with E-state index in [2.05, 4.69) is 36.1 Å². The van der Waals surface area contributed by atoms with Gasteiger partial charge in [-0.1, -0.05) is 20.8 Å². The van der Waals surface area contributed by atoms with Crippen molar-refractivity contribution in [1.29, 1.82) is 0 Å². The number of nitrogens with zero attached hydrogens (tertiary/aromatic N) is 2. The van der Waals surface area contributed by atoms with Crippen molar-refractivity contribution in [3.8, 4) is 5.88 Å². The van der Waals surface area contributed by atoms with Crippen LogP contribution in [0.15, 0.2) is 12.4 Å². The molecule has 0 spiro atoms. The van der Waals surface area contributed by atoms with Crippen LogP contribution in [0.2, 0.25) is 0 Å². The Hall–Kier alpha value is -1.16. The number of rotatable bonds is 7. The van der Waals surface area contributed by atoms with E-state index in [1.54, 1.807) is 6.20 Å². The molecule has 1 aromatic heterocycles. The highest BCUT2D eigenvalue weighted by atomic mass is 16.5. The molecule has 0 fully saturated rings. The van der Waals surface area contributed by atoms with E-state index < -0.39 is 0 Å². The summed E-state index contributed by atoms with van der Waals surface area (Å²) < 4.78 is 5.50. The second-order valence-electron chi connectivity index (χ2n) is 4.22. The lowest BCUT2D eigenvalue weighted by atomic mass is 9.97. The van der Waals surface area contributed by atoms with Gasteiger partial charge in [-0.2, -0.15) is 0 Å². The molecule has 0 saturated heterocycles. The predicted octanol–water partition coefficient (Wildman–Crippen LogP) is 2.37. The van der Waals surface area contributed by atoms with Gasteiger partial charge in [0.15, 0.2) is 0 Å². The Kier molecular flexibility index (Phi) is 5.91. The third-order valence-corrected chi connectivity index (χ3v) is 2.97. The lowest BCUT2D eigenvalue weighted by molar-refractivity contribution is 0.301. The van der Waals surface area contributed by atoms with Gasteiger partial charge in [-0.05, 0) is 19.9 Å². The van der Waals surface area contributed by atoms with Crippen molar-refractivity contribution in [2.24, 2.45) is 0 Å². The maximum absolute atomic E-state index is 5.50. The Morgan fingerprint density at radius 2 is 2.12 bits per heavy atom. The lowest BCUT2D eigenvalue weighted by Gasteiger charge is -2.21. The normalized spacial score (nSPS) is 14.4. The summed E-state index contributed by atoms with van der Waals surface area (Å²) in [7, 11) is 1.98. The zero-order valence-electron chi connectivity index (χ0n) is 11.2. The van der Waals surface area contributed by atoms with Crippen molar-refractivity contribution >= 4 is 0 Å². The first kappa shape index (κ1) is 13.9. The van der Waals surface area contributed by atoms with Crippen LogP contribution in [0.25, 0.3) is 0 Å². The van der Waals surface area contributed by atoms with E-state index in [9.17, 15) is 0 Å². The van der Waals surface area contributed by atoms with Crippen LogP contribution in [0.4, 0.5) is 0 Å². The highest BCUT2D eigenvalue weighted by Gasteiger charge is 2.17. The van der Waals surface area contributed by atoms with Crippen LogP contribution >= 0.6 is 0 Å². The summed E-state index contributed by atoms with van der Waals surface area (Å²) in [5.74, 6) is 0.963. The molecule has 96 valence electrons. The van der Waals surface area contributed by atoms with Crippen LogP contribution in [0.1, 0.15) is 45.2 Å². The molecule has 1 heterocycles. The summed E-state index contributed by atoms with van der Waals surface area (Å²) in [5.41, 5.74) is 0.986. The monoisotopic (exact) mass is 237 g/mol. The summed E-state index contributed by atoms with van der Waals surface area (Å²) in [6.07, 6.45) is 5.55. The minimum atomic E-state index is 0.336. The largest absolute Gasteiger partial charge is 0.477 e. The third-order valence-electron chi connectivity index (χ3n) is 2.97. The molecule has 0 aliphatic rings. The SMILES string of the molecule is CCCOc1cncc(C(C)C(CC)NC)n1. The van der Waals surface area contributed by atoms with Gasteiger partial charge in [0, 0.05) is 18.2 Å². The molecule has 2 unspecified atom stereocenters. The van der Waals surface area contributed by atoms with E-state index in [4.69, 9.17) is 4.74 Å². The first-order chi connectivity index (χ1) is 8.22. The number of aromatic nitrogens is 2. The van der Waals surface area contributed by atoms with Gasteiger partial charge in [0.1, 0.15) is 0 Å². The van der Waals surface area contributed by atoms with Crippen LogP contribution in [-0.4, -0.2) is 29.7 Å². The summed E-state index contributed by atoms with van der Waals surface area (Å²) in [6.45, 7) is 7.10. The predicted molar refractivity (Wildman–Crippen MR) is 69.4 cm³/mol. The fraction of sp³-hybridized carbons (Fsp3) is 0.692. The van der Waals surface area contributed by atoms with E-state index in [1.807, 2.05) is 13.2 Å². The summed E-state index contributed by atoms with van der Waals surface area (Å²) in [5, 5.41) is 3.30. The molecule has 0 saturated carbocycles. The molecule has 4 nitrogen and oxygen atoms in total. The van der Waals surface area contributed by atoms with Crippen LogP contribution in [0.5, 0.6) is 5.88 Å². The van der Waals surface area contributed by atoms with E-state index in [-0.39, 0.29) is 0 Å². The van der Waals surface area contributed by atoms with Crippen molar-refractivity contribution in [3.05, 3.63) is 18.1 Å². The van der Waals surface area contributed by atoms with Gasteiger partial charge in [0.2, 0.25) is 5.88 Å². The average Bonchev–Trinajstić information content (AvgIpc) is 2.38. The van der Waals surface area contributed by atoms with E-state index >= 15 is 0 Å². The Labute approximate surface area is 104 Å². The molecule has 0 bridgehead atoms. The molecular weight excluding hydrogens is 214 g/mol. The number of likely N-dealkylation sites (N-methyl/N-ethyl adjacent to an activating group) is 1. The standard InChI is InChI=1S/C13H23N3O/c1-5-7-17-13-9-15-8-12(16-13)10(3)11(6-2)14-4/h8-11,14H,5-7H2,1-4H3. The van der Waals surface area contributed by atoms with Gasteiger partial charge in [0.25, 0.3) is 0 Å². The van der Waals surface area contributed by atoms with Gasteiger partial charge in [0.05, 0.1) is 18.5 Å². The van der Waals surface area contributed by atoms with Gasteiger partial charge >= 0.3 is 0 Å². The average molecular weight is 237 g/mol. The van der Waals surface area contributed by atoms with Gasteiger partial charge in [-0.15, -0.1) is 0 Å². The van der Waals surface area contributed by atoms with Gasteiger partial charge < -0.3 is 10.1 Å². The Morgan fingerprint density at radius 1 is 1.35 bits per heavy atom. The molecule has 0 radical (unpaired) electrons. The topological polar surface area (TPSA) is 47.0 Å². The van der Waals surface area contributed by atoms with Gasteiger partial charge in [-0.3, -0.25) is 4.98 Å². The lowest BCUT2D eigenvalue weighted by Crippen LogP contribution is -2.30. The van der Waals surface area contributed by atoms with E-state index in [0.29, 0.717) is 24.4 Å². The molecule has 1 N–H and O–H groups in total. The fourth-order valence-electron chi connectivity index (χ4n) is 1.87. The van der Waals surface area contributed by atoms with Crippen LogP contribution < -0.4 is 10.1 Å². The quantitative estimate of drug-likeness (QED) is 0.791. The number of hydrogen-bond acceptors (Lipinski definition) is 4. The Bertz CT molecular complexity index is 326. The molecule has 1 rings (SSSR count). The zero-order valence-corrected chi connectivity index (χ0v) is 11.2. The number of hydrogen-bond donors (Lipinski definition) is 1. The number of nitrogens with one attached hydrogen (secondary N) is 1. The van der Waals surface area contributed by atoms with Crippen LogP contribution in [0.3, 0.4) is 0 Å². The molecule has 17 heavy (non-hydrogen) atoms. The molecule has 0 aromatic carbocycles. The Balaban J connectivity index is 2.75. The van der Waals surface area contributed by atoms with E-state index in [1.165, 1.54) is 0 Å². The second kappa shape index (κ2) is 7.22. The van der Waals surface area contributed by atoms with Crippen molar-refractivity contribution in [3.63, 3.8) is 0 Å². The summed E-state index contributed by atoms with van der Waals surface area (Å²) in [6, 6.07) is 0.422. The molecule has 1 aromatic rings. The zero-order chi connectivity index (χ0) is 12.7. The molecule has 0 amide bonds. The fourth-order valence-corrected chi connectivity index (χ4v) is 1.87. The van der Waals surface area contributed by atoms with Crippen LogP contribution in [-0.2, 0) is 0 Å². The maximum Gasteiger partial charge on any atom is 0.232 e. The minimum absolute atomic E-state index is 0.336. The molecule has 2 atom stereocenters.